The molecule has 0 aliphatic heterocycles. The number of alkyl halides is 1. The Morgan fingerprint density at radius 2 is 1.82 bits per heavy atom. The third kappa shape index (κ3) is 7.79. The first-order chi connectivity index (χ1) is 5.31. The minimum Gasteiger partial charge on any atom is -0.390 e. The molecule has 68 valence electrons. The lowest BCUT2D eigenvalue weighted by molar-refractivity contribution is 0.128. The first-order valence-corrected chi connectivity index (χ1v) is 4.55. The number of aliphatic hydroxyl groups is 1. The number of unbranched alkanes of at least 4 members (excludes halogenated alkanes) is 4. The number of rotatable bonds is 7. The Balaban J connectivity index is 2.89. The van der Waals surface area contributed by atoms with Crippen LogP contribution in [0.15, 0.2) is 0 Å². The van der Waals surface area contributed by atoms with Crippen molar-refractivity contribution in [3.8, 4) is 0 Å². The van der Waals surface area contributed by atoms with Gasteiger partial charge in [-0.3, -0.25) is 0 Å². The Bertz CT molecular complexity index is 76.0. The second kappa shape index (κ2) is 7.99. The first-order valence-electron chi connectivity index (χ1n) is 4.55. The van der Waals surface area contributed by atoms with Gasteiger partial charge in [0.25, 0.3) is 0 Å². The van der Waals surface area contributed by atoms with E-state index in [4.69, 9.17) is 5.11 Å². The summed E-state index contributed by atoms with van der Waals surface area (Å²) in [6.45, 7) is 1.57. The Morgan fingerprint density at radius 1 is 1.18 bits per heavy atom. The van der Waals surface area contributed by atoms with Crippen LogP contribution in [0.25, 0.3) is 0 Å². The molecule has 0 spiro atoms. The minimum atomic E-state index is -0.711. The molecule has 0 aliphatic rings. The van der Waals surface area contributed by atoms with E-state index in [0.717, 1.165) is 12.8 Å². The largest absolute Gasteiger partial charge is 0.390 e. The van der Waals surface area contributed by atoms with Crippen molar-refractivity contribution in [2.24, 2.45) is 0 Å². The van der Waals surface area contributed by atoms with Crippen LogP contribution in [0.3, 0.4) is 0 Å². The summed E-state index contributed by atoms with van der Waals surface area (Å²) in [5.74, 6) is 0. The van der Waals surface area contributed by atoms with E-state index in [1.165, 1.54) is 19.3 Å². The molecule has 0 rings (SSSR count). The molecule has 2 heteroatoms. The van der Waals surface area contributed by atoms with Gasteiger partial charge in [0.2, 0.25) is 0 Å². The molecule has 0 amide bonds. The van der Waals surface area contributed by atoms with Crippen LogP contribution < -0.4 is 0 Å². The highest BCUT2D eigenvalue weighted by Crippen LogP contribution is 2.07. The van der Waals surface area contributed by atoms with E-state index in [0.29, 0.717) is 6.42 Å². The van der Waals surface area contributed by atoms with E-state index < -0.39 is 12.8 Å². The quantitative estimate of drug-likeness (QED) is 0.571. The Kier molecular flexibility index (Phi) is 7.91. The molecule has 1 N–H and O–H groups in total. The Morgan fingerprint density at radius 3 is 2.36 bits per heavy atom. The highest BCUT2D eigenvalue weighted by molar-refractivity contribution is 4.53. The third-order valence-corrected chi connectivity index (χ3v) is 1.82. The maximum Gasteiger partial charge on any atom is 0.115 e. The van der Waals surface area contributed by atoms with Crippen molar-refractivity contribution in [2.45, 2.75) is 51.6 Å². The monoisotopic (exact) mass is 162 g/mol. The van der Waals surface area contributed by atoms with Gasteiger partial charge in [0.1, 0.15) is 6.67 Å². The lowest BCUT2D eigenvalue weighted by Crippen LogP contribution is -2.07. The van der Waals surface area contributed by atoms with Crippen LogP contribution in [0.5, 0.6) is 0 Å². The highest BCUT2D eigenvalue weighted by Gasteiger charge is 2.00. The van der Waals surface area contributed by atoms with Crippen LogP contribution in [0.2, 0.25) is 0 Å². The molecule has 0 aromatic heterocycles. The van der Waals surface area contributed by atoms with Crippen molar-refractivity contribution in [2.75, 3.05) is 6.67 Å². The fraction of sp³-hybridized carbons (Fsp3) is 1.00. The molecule has 0 saturated heterocycles. The zero-order valence-corrected chi connectivity index (χ0v) is 7.35. The number of halogens is 1. The zero-order chi connectivity index (χ0) is 8.53. The van der Waals surface area contributed by atoms with Crippen LogP contribution in [0.4, 0.5) is 4.39 Å². The summed E-state index contributed by atoms with van der Waals surface area (Å²) in [6.07, 6.45) is 5.71. The minimum absolute atomic E-state index is 0.590. The Hall–Kier alpha value is -0.110. The molecule has 0 aromatic rings. The molecular weight excluding hydrogens is 143 g/mol. The summed E-state index contributed by atoms with van der Waals surface area (Å²) in [5.41, 5.74) is 0. The van der Waals surface area contributed by atoms with Gasteiger partial charge in [-0.25, -0.2) is 4.39 Å². The van der Waals surface area contributed by atoms with Gasteiger partial charge in [-0.1, -0.05) is 39.0 Å². The van der Waals surface area contributed by atoms with E-state index in [1.54, 1.807) is 0 Å². The van der Waals surface area contributed by atoms with Gasteiger partial charge in [-0.2, -0.15) is 0 Å². The van der Waals surface area contributed by atoms with Gasteiger partial charge in [0, 0.05) is 0 Å². The highest BCUT2D eigenvalue weighted by atomic mass is 19.1. The molecule has 0 aromatic carbocycles. The molecule has 0 radical (unpaired) electrons. The van der Waals surface area contributed by atoms with Crippen molar-refractivity contribution >= 4 is 0 Å². The molecular formula is C9H19FO. The maximum absolute atomic E-state index is 11.7. The van der Waals surface area contributed by atoms with Gasteiger partial charge < -0.3 is 5.11 Å². The van der Waals surface area contributed by atoms with Gasteiger partial charge in [-0.05, 0) is 6.42 Å². The first kappa shape index (κ1) is 10.9. The standard InChI is InChI=1S/C9H19FO/c1-2-3-4-5-6-7-9(11)8-10/h9,11H,2-8H2,1H3. The fourth-order valence-electron chi connectivity index (χ4n) is 1.06. The summed E-state index contributed by atoms with van der Waals surface area (Å²) in [6, 6.07) is 0. The van der Waals surface area contributed by atoms with Crippen LogP contribution in [0, 0.1) is 0 Å². The van der Waals surface area contributed by atoms with Crippen molar-refractivity contribution in [1.82, 2.24) is 0 Å². The molecule has 1 atom stereocenters. The summed E-state index contributed by atoms with van der Waals surface area (Å²) in [5, 5.41) is 8.84. The van der Waals surface area contributed by atoms with Crippen molar-refractivity contribution in [3.63, 3.8) is 0 Å². The van der Waals surface area contributed by atoms with E-state index in [2.05, 4.69) is 6.92 Å². The predicted molar refractivity (Wildman–Crippen MR) is 45.4 cm³/mol. The summed E-state index contributed by atoms with van der Waals surface area (Å²) in [7, 11) is 0. The summed E-state index contributed by atoms with van der Waals surface area (Å²) < 4.78 is 11.7. The van der Waals surface area contributed by atoms with E-state index in [9.17, 15) is 4.39 Å². The smallest absolute Gasteiger partial charge is 0.115 e. The van der Waals surface area contributed by atoms with Gasteiger partial charge in [0.15, 0.2) is 0 Å². The third-order valence-electron chi connectivity index (χ3n) is 1.82. The maximum atomic E-state index is 11.7. The lowest BCUT2D eigenvalue weighted by Gasteiger charge is -2.04. The van der Waals surface area contributed by atoms with E-state index >= 15 is 0 Å². The normalized spacial score (nSPS) is 13.4. The topological polar surface area (TPSA) is 20.2 Å². The number of aliphatic hydroxyl groups excluding tert-OH is 1. The SMILES string of the molecule is CCCCCCCC(O)CF. The van der Waals surface area contributed by atoms with Crippen molar-refractivity contribution in [1.29, 1.82) is 0 Å². The number of hydrogen-bond donors (Lipinski definition) is 1. The van der Waals surface area contributed by atoms with Crippen LogP contribution in [0.1, 0.15) is 45.4 Å². The van der Waals surface area contributed by atoms with E-state index in [-0.39, 0.29) is 0 Å². The van der Waals surface area contributed by atoms with Crippen LogP contribution in [-0.2, 0) is 0 Å². The van der Waals surface area contributed by atoms with Crippen molar-refractivity contribution in [3.05, 3.63) is 0 Å². The molecule has 0 saturated carbocycles. The average molecular weight is 162 g/mol. The molecule has 0 fully saturated rings. The number of hydrogen-bond acceptors (Lipinski definition) is 1. The van der Waals surface area contributed by atoms with Crippen LogP contribution >= 0.6 is 0 Å². The zero-order valence-electron chi connectivity index (χ0n) is 7.35. The van der Waals surface area contributed by atoms with Crippen LogP contribution in [-0.4, -0.2) is 17.9 Å². The van der Waals surface area contributed by atoms with E-state index in [1.807, 2.05) is 0 Å². The Labute approximate surface area is 68.6 Å². The second-order valence-corrected chi connectivity index (χ2v) is 3.01. The molecule has 1 nitrogen and oxygen atoms in total. The molecule has 0 aliphatic carbocycles. The average Bonchev–Trinajstić information content (AvgIpc) is 2.04. The molecule has 11 heavy (non-hydrogen) atoms. The summed E-state index contributed by atoms with van der Waals surface area (Å²) in [4.78, 5) is 0. The van der Waals surface area contributed by atoms with Crippen molar-refractivity contribution < 1.29 is 9.50 Å². The molecule has 0 bridgehead atoms. The summed E-state index contributed by atoms with van der Waals surface area (Å²) >= 11 is 0. The van der Waals surface area contributed by atoms with Gasteiger partial charge in [-0.15, -0.1) is 0 Å². The second-order valence-electron chi connectivity index (χ2n) is 3.01. The lowest BCUT2D eigenvalue weighted by atomic mass is 10.1. The molecule has 0 heterocycles. The fourth-order valence-corrected chi connectivity index (χ4v) is 1.06. The van der Waals surface area contributed by atoms with Gasteiger partial charge in [0.05, 0.1) is 6.10 Å². The molecule has 1 unspecified atom stereocenters. The van der Waals surface area contributed by atoms with Gasteiger partial charge >= 0.3 is 0 Å². The predicted octanol–water partition coefficient (Wildman–Crippen LogP) is 2.68.